The quantitative estimate of drug-likeness (QED) is 0.628. The summed E-state index contributed by atoms with van der Waals surface area (Å²) in [6.07, 6.45) is 6.52. The Hall–Kier alpha value is -2.55. The monoisotopic (exact) mass is 428 g/mol. The molecule has 1 aliphatic rings. The summed E-state index contributed by atoms with van der Waals surface area (Å²) in [6, 6.07) is 13.8. The lowest BCUT2D eigenvalue weighted by atomic mass is 9.98. The first-order chi connectivity index (χ1) is 14.5. The molecule has 0 bridgehead atoms. The van der Waals surface area contributed by atoms with Gasteiger partial charge in [0.15, 0.2) is 0 Å². The van der Waals surface area contributed by atoms with Crippen molar-refractivity contribution in [3.05, 3.63) is 78.6 Å². The van der Waals surface area contributed by atoms with Crippen LogP contribution in [-0.4, -0.2) is 41.9 Å². The van der Waals surface area contributed by atoms with Gasteiger partial charge in [-0.05, 0) is 55.1 Å². The van der Waals surface area contributed by atoms with Gasteiger partial charge in [0.1, 0.15) is 5.82 Å². The molecule has 1 aliphatic heterocycles. The van der Waals surface area contributed by atoms with E-state index in [0.29, 0.717) is 36.1 Å². The highest BCUT2D eigenvalue weighted by atomic mass is 32.2. The number of aromatic nitrogens is 2. The Morgan fingerprint density at radius 1 is 1.10 bits per heavy atom. The molecule has 0 unspecified atom stereocenters. The molecule has 1 aromatic heterocycles. The molecular formula is C22H25FN4O2S. The summed E-state index contributed by atoms with van der Waals surface area (Å²) in [7, 11) is -3.41. The Morgan fingerprint density at radius 2 is 1.87 bits per heavy atom. The molecular weight excluding hydrogens is 403 g/mol. The van der Waals surface area contributed by atoms with Gasteiger partial charge < -0.3 is 9.88 Å². The van der Waals surface area contributed by atoms with Crippen molar-refractivity contribution in [2.24, 2.45) is 5.92 Å². The fraction of sp³-hybridized carbons (Fsp3) is 0.318. The van der Waals surface area contributed by atoms with Crippen molar-refractivity contribution in [3.63, 3.8) is 0 Å². The summed E-state index contributed by atoms with van der Waals surface area (Å²) in [5.41, 5.74) is 1.35. The van der Waals surface area contributed by atoms with Gasteiger partial charge in [0.2, 0.25) is 10.0 Å². The number of hydrogen-bond acceptors (Lipinski definition) is 4. The van der Waals surface area contributed by atoms with Crippen LogP contribution in [0.4, 0.5) is 4.39 Å². The maximum atomic E-state index is 14.4. The standard InChI is InChI=1S/C22H25FN4O2S/c23-21-14-19(6-7-22(21)26-13-10-24-17-26)16-25-15-18-8-11-27(12-9-18)30(28,29)20-4-2-1-3-5-20/h1-7,10,13-14,17-18,25H,8-9,11-12,15-16H2. The van der Waals surface area contributed by atoms with Crippen LogP contribution in [0, 0.1) is 11.7 Å². The van der Waals surface area contributed by atoms with Gasteiger partial charge in [-0.3, -0.25) is 0 Å². The second kappa shape index (κ2) is 9.07. The van der Waals surface area contributed by atoms with E-state index in [9.17, 15) is 12.8 Å². The van der Waals surface area contributed by atoms with Crippen LogP contribution in [0.2, 0.25) is 0 Å². The zero-order valence-electron chi connectivity index (χ0n) is 16.6. The van der Waals surface area contributed by atoms with E-state index >= 15 is 0 Å². The Morgan fingerprint density at radius 3 is 2.53 bits per heavy atom. The van der Waals surface area contributed by atoms with Crippen molar-refractivity contribution in [1.82, 2.24) is 19.2 Å². The molecule has 0 aliphatic carbocycles. The van der Waals surface area contributed by atoms with Crippen molar-refractivity contribution in [3.8, 4) is 5.69 Å². The van der Waals surface area contributed by atoms with Gasteiger partial charge in [0, 0.05) is 32.0 Å². The number of nitrogens with one attached hydrogen (secondary N) is 1. The molecule has 30 heavy (non-hydrogen) atoms. The third kappa shape index (κ3) is 4.61. The Kier molecular flexibility index (Phi) is 6.26. The second-order valence-electron chi connectivity index (χ2n) is 7.55. The molecule has 0 spiro atoms. The number of piperidine rings is 1. The predicted molar refractivity (Wildman–Crippen MR) is 113 cm³/mol. The van der Waals surface area contributed by atoms with Crippen molar-refractivity contribution in [2.45, 2.75) is 24.3 Å². The molecule has 0 amide bonds. The Bertz CT molecular complexity index is 1060. The van der Waals surface area contributed by atoms with E-state index in [2.05, 4.69) is 10.3 Å². The largest absolute Gasteiger partial charge is 0.312 e. The smallest absolute Gasteiger partial charge is 0.243 e. The lowest BCUT2D eigenvalue weighted by Crippen LogP contribution is -2.40. The summed E-state index contributed by atoms with van der Waals surface area (Å²) in [5, 5.41) is 3.38. The number of halogens is 1. The molecule has 1 fully saturated rings. The predicted octanol–water partition coefficient (Wildman–Crippen LogP) is 3.20. The molecule has 1 saturated heterocycles. The number of imidazole rings is 1. The first-order valence-electron chi connectivity index (χ1n) is 10.1. The first-order valence-corrected chi connectivity index (χ1v) is 11.5. The van der Waals surface area contributed by atoms with E-state index in [4.69, 9.17) is 0 Å². The molecule has 2 aromatic carbocycles. The third-order valence-electron chi connectivity index (χ3n) is 5.51. The lowest BCUT2D eigenvalue weighted by molar-refractivity contribution is 0.267. The third-order valence-corrected chi connectivity index (χ3v) is 7.42. The van der Waals surface area contributed by atoms with Gasteiger partial charge in [-0.25, -0.2) is 17.8 Å². The molecule has 2 heterocycles. The minimum atomic E-state index is -3.41. The van der Waals surface area contributed by atoms with Gasteiger partial charge >= 0.3 is 0 Å². The summed E-state index contributed by atoms with van der Waals surface area (Å²) in [5.74, 6) is 0.119. The van der Waals surface area contributed by atoms with E-state index in [-0.39, 0.29) is 5.82 Å². The van der Waals surface area contributed by atoms with Gasteiger partial charge in [-0.15, -0.1) is 0 Å². The second-order valence-corrected chi connectivity index (χ2v) is 9.49. The molecule has 6 nitrogen and oxygen atoms in total. The summed E-state index contributed by atoms with van der Waals surface area (Å²) in [6.45, 7) is 2.41. The van der Waals surface area contributed by atoms with E-state index in [0.717, 1.165) is 24.9 Å². The number of nitrogens with zero attached hydrogens (tertiary/aromatic N) is 3. The SMILES string of the molecule is O=S(=O)(c1ccccc1)N1CCC(CNCc2ccc(-n3ccnc3)c(F)c2)CC1. The maximum Gasteiger partial charge on any atom is 0.243 e. The van der Waals surface area contributed by atoms with E-state index in [1.54, 1.807) is 57.9 Å². The number of sulfonamides is 1. The molecule has 0 radical (unpaired) electrons. The van der Waals surface area contributed by atoms with Crippen LogP contribution in [0.5, 0.6) is 0 Å². The minimum absolute atomic E-state index is 0.285. The van der Waals surface area contributed by atoms with Crippen LogP contribution < -0.4 is 5.32 Å². The number of benzene rings is 2. The lowest BCUT2D eigenvalue weighted by Gasteiger charge is -2.31. The number of rotatable bonds is 7. The minimum Gasteiger partial charge on any atom is -0.312 e. The van der Waals surface area contributed by atoms with E-state index in [1.165, 1.54) is 6.07 Å². The molecule has 3 aromatic rings. The van der Waals surface area contributed by atoms with Crippen molar-refractivity contribution in [2.75, 3.05) is 19.6 Å². The molecule has 0 atom stereocenters. The molecule has 4 rings (SSSR count). The number of hydrogen-bond donors (Lipinski definition) is 1. The zero-order chi connectivity index (χ0) is 21.0. The molecule has 0 saturated carbocycles. The highest BCUT2D eigenvalue weighted by Crippen LogP contribution is 2.23. The van der Waals surface area contributed by atoms with Crippen LogP contribution >= 0.6 is 0 Å². The summed E-state index contributed by atoms with van der Waals surface area (Å²) in [4.78, 5) is 4.29. The molecule has 1 N–H and O–H groups in total. The van der Waals surface area contributed by atoms with Crippen LogP contribution in [0.25, 0.3) is 5.69 Å². The Balaban J connectivity index is 1.26. The molecule has 8 heteroatoms. The van der Waals surface area contributed by atoms with Crippen molar-refractivity contribution < 1.29 is 12.8 Å². The zero-order valence-corrected chi connectivity index (χ0v) is 17.4. The van der Waals surface area contributed by atoms with Gasteiger partial charge in [0.05, 0.1) is 16.9 Å². The average Bonchev–Trinajstić information content (AvgIpc) is 3.29. The fourth-order valence-electron chi connectivity index (χ4n) is 3.79. The normalized spacial score (nSPS) is 16.0. The highest BCUT2D eigenvalue weighted by molar-refractivity contribution is 7.89. The molecule has 158 valence electrons. The van der Waals surface area contributed by atoms with E-state index < -0.39 is 10.0 Å². The summed E-state index contributed by atoms with van der Waals surface area (Å²) >= 11 is 0. The maximum absolute atomic E-state index is 14.4. The van der Waals surface area contributed by atoms with Gasteiger partial charge in [-0.1, -0.05) is 24.3 Å². The highest BCUT2D eigenvalue weighted by Gasteiger charge is 2.29. The first kappa shape index (κ1) is 20.7. The van der Waals surface area contributed by atoms with Crippen LogP contribution in [0.15, 0.2) is 72.1 Å². The average molecular weight is 429 g/mol. The van der Waals surface area contributed by atoms with Crippen molar-refractivity contribution >= 4 is 10.0 Å². The van der Waals surface area contributed by atoms with Gasteiger partial charge in [0.25, 0.3) is 0 Å². The van der Waals surface area contributed by atoms with Crippen LogP contribution in [-0.2, 0) is 16.6 Å². The topological polar surface area (TPSA) is 67.2 Å². The van der Waals surface area contributed by atoms with Gasteiger partial charge in [-0.2, -0.15) is 4.31 Å². The van der Waals surface area contributed by atoms with E-state index in [1.807, 2.05) is 12.1 Å². The summed E-state index contributed by atoms with van der Waals surface area (Å²) < 4.78 is 43.0. The van der Waals surface area contributed by atoms with Crippen LogP contribution in [0.3, 0.4) is 0 Å². The Labute approximate surface area is 176 Å². The van der Waals surface area contributed by atoms with Crippen molar-refractivity contribution in [1.29, 1.82) is 0 Å². The van der Waals surface area contributed by atoms with Crippen LogP contribution in [0.1, 0.15) is 18.4 Å². The fourth-order valence-corrected chi connectivity index (χ4v) is 5.28.